The lowest BCUT2D eigenvalue weighted by Gasteiger charge is -2.37. The maximum Gasteiger partial charge on any atom is 0.248 e. The van der Waals surface area contributed by atoms with Crippen molar-refractivity contribution in [1.82, 2.24) is 0 Å². The summed E-state index contributed by atoms with van der Waals surface area (Å²) >= 11 is 0. The first-order valence-corrected chi connectivity index (χ1v) is 18.7. The van der Waals surface area contributed by atoms with E-state index in [0.717, 1.165) is 0 Å². The van der Waals surface area contributed by atoms with E-state index in [1.54, 1.807) is 11.1 Å². The summed E-state index contributed by atoms with van der Waals surface area (Å²) < 4.78 is 0. The standard InChI is InChI=1S/C46H40BN/c1-3-9-29(10-4-1)34-20-23-36-37-15-8-16-43-46(37)47(39(36)27-34)40-28-35(30-11-5-2-6-12-30)22-26-42(40)48(43)41-25-21-33-18-17-31-13-7-14-32-19-24-38(41)45(33)44(31)32/h7-8,13-30H,1-6,9-12H2. The van der Waals surface area contributed by atoms with E-state index in [-0.39, 0.29) is 6.71 Å². The summed E-state index contributed by atoms with van der Waals surface area (Å²) in [4.78, 5) is 2.63. The highest BCUT2D eigenvalue weighted by atomic mass is 15.2. The Morgan fingerprint density at radius 1 is 0.458 bits per heavy atom. The quantitative estimate of drug-likeness (QED) is 0.141. The predicted molar refractivity (Wildman–Crippen MR) is 207 cm³/mol. The van der Waals surface area contributed by atoms with Crippen molar-refractivity contribution in [1.29, 1.82) is 0 Å². The molecule has 2 aliphatic heterocycles. The molecule has 4 aliphatic rings. The maximum absolute atomic E-state index is 2.65. The summed E-state index contributed by atoms with van der Waals surface area (Å²) in [6.45, 7) is 0.282. The SMILES string of the molecule is c1cc2c3c(c1)N(c1ccc4ccc5cccc6ccc1c4c56)c1ccc(C4CCCCC4)cc1B3c1cc(C3CCCCC3)ccc1-2. The molecule has 0 amide bonds. The molecule has 2 heteroatoms. The lowest BCUT2D eigenvalue weighted by atomic mass is 9.37. The molecule has 2 saturated carbocycles. The minimum absolute atomic E-state index is 0.282. The van der Waals surface area contributed by atoms with E-state index in [2.05, 4.69) is 114 Å². The van der Waals surface area contributed by atoms with Gasteiger partial charge in [-0.2, -0.15) is 0 Å². The Morgan fingerprint density at radius 2 is 1.06 bits per heavy atom. The van der Waals surface area contributed by atoms with Crippen molar-refractivity contribution < 1.29 is 0 Å². The Morgan fingerprint density at radius 3 is 1.81 bits per heavy atom. The number of hydrogen-bond acceptors (Lipinski definition) is 1. The first-order chi connectivity index (χ1) is 23.8. The molecule has 0 bridgehead atoms. The summed E-state index contributed by atoms with van der Waals surface area (Å²) in [5, 5.41) is 8.08. The van der Waals surface area contributed by atoms with E-state index in [0.29, 0.717) is 11.8 Å². The number of hydrogen-bond donors (Lipinski definition) is 0. The highest BCUT2D eigenvalue weighted by molar-refractivity contribution is 7.01. The number of fused-ring (bicyclic) bond motifs is 5. The molecule has 0 unspecified atom stereocenters. The van der Waals surface area contributed by atoms with Crippen LogP contribution in [-0.2, 0) is 0 Å². The van der Waals surface area contributed by atoms with Crippen LogP contribution in [0, 0.1) is 0 Å². The van der Waals surface area contributed by atoms with E-state index >= 15 is 0 Å². The summed E-state index contributed by atoms with van der Waals surface area (Å²) in [6, 6.07) is 43.2. The number of rotatable bonds is 3. The second kappa shape index (κ2) is 10.5. The maximum atomic E-state index is 2.65. The van der Waals surface area contributed by atoms with Crippen LogP contribution in [0.25, 0.3) is 43.4 Å². The third-order valence-corrected chi connectivity index (χ3v) is 12.8. The second-order valence-electron chi connectivity index (χ2n) is 15.3. The molecule has 7 aromatic rings. The molecule has 0 N–H and O–H groups in total. The molecular formula is C46H40BN. The summed E-state index contributed by atoms with van der Waals surface area (Å²) in [5.41, 5.74) is 14.5. The van der Waals surface area contributed by atoms with Gasteiger partial charge in [0.1, 0.15) is 0 Å². The van der Waals surface area contributed by atoms with Gasteiger partial charge in [-0.3, -0.25) is 0 Å². The molecule has 2 fully saturated rings. The third kappa shape index (κ3) is 3.86. The molecule has 0 aromatic heterocycles. The van der Waals surface area contributed by atoms with Gasteiger partial charge in [-0.25, -0.2) is 0 Å². The fraction of sp³-hybridized carbons (Fsp3) is 0.261. The van der Waals surface area contributed by atoms with Crippen LogP contribution >= 0.6 is 0 Å². The largest absolute Gasteiger partial charge is 0.311 e. The van der Waals surface area contributed by atoms with Crippen LogP contribution in [0.5, 0.6) is 0 Å². The Labute approximate surface area is 284 Å². The smallest absolute Gasteiger partial charge is 0.248 e. The van der Waals surface area contributed by atoms with Crippen LogP contribution in [0.4, 0.5) is 17.1 Å². The Bertz CT molecular complexity index is 2380. The average Bonchev–Trinajstić information content (AvgIpc) is 3.50. The van der Waals surface area contributed by atoms with Gasteiger partial charge < -0.3 is 4.90 Å². The Hall–Kier alpha value is -4.56. The molecule has 2 heterocycles. The van der Waals surface area contributed by atoms with Crippen LogP contribution in [0.3, 0.4) is 0 Å². The summed E-state index contributed by atoms with van der Waals surface area (Å²) in [5.74, 6) is 1.38. The molecule has 11 rings (SSSR count). The number of anilines is 3. The molecule has 0 saturated heterocycles. The van der Waals surface area contributed by atoms with Gasteiger partial charge in [0.05, 0.1) is 5.69 Å². The highest BCUT2D eigenvalue weighted by Crippen LogP contribution is 2.47. The highest BCUT2D eigenvalue weighted by Gasteiger charge is 2.43. The number of benzene rings is 7. The first kappa shape index (κ1) is 27.4. The van der Waals surface area contributed by atoms with Crippen LogP contribution in [-0.4, -0.2) is 6.71 Å². The lowest BCUT2D eigenvalue weighted by molar-refractivity contribution is 0.444. The van der Waals surface area contributed by atoms with E-state index in [4.69, 9.17) is 0 Å². The zero-order valence-corrected chi connectivity index (χ0v) is 27.6. The molecular weight excluding hydrogens is 577 g/mol. The second-order valence-corrected chi connectivity index (χ2v) is 15.3. The molecule has 1 nitrogen and oxygen atoms in total. The number of nitrogens with zero attached hydrogens (tertiary/aromatic N) is 1. The van der Waals surface area contributed by atoms with Crippen LogP contribution < -0.4 is 21.3 Å². The minimum atomic E-state index is 0.282. The molecule has 232 valence electrons. The van der Waals surface area contributed by atoms with Crippen molar-refractivity contribution in [2.24, 2.45) is 0 Å². The van der Waals surface area contributed by atoms with Crippen molar-refractivity contribution in [3.8, 4) is 11.1 Å². The van der Waals surface area contributed by atoms with E-state index in [1.165, 1.54) is 141 Å². The third-order valence-electron chi connectivity index (χ3n) is 12.8. The van der Waals surface area contributed by atoms with Gasteiger partial charge in [0.15, 0.2) is 0 Å². The summed E-state index contributed by atoms with van der Waals surface area (Å²) in [6.07, 6.45) is 13.6. The van der Waals surface area contributed by atoms with Gasteiger partial charge in [0.2, 0.25) is 6.71 Å². The van der Waals surface area contributed by atoms with Crippen molar-refractivity contribution in [2.75, 3.05) is 4.90 Å². The molecule has 0 radical (unpaired) electrons. The molecule has 48 heavy (non-hydrogen) atoms. The fourth-order valence-corrected chi connectivity index (χ4v) is 10.5. The molecule has 2 aliphatic carbocycles. The van der Waals surface area contributed by atoms with E-state index < -0.39 is 0 Å². The monoisotopic (exact) mass is 617 g/mol. The average molecular weight is 618 g/mol. The van der Waals surface area contributed by atoms with Crippen LogP contribution in [0.15, 0.2) is 109 Å². The molecule has 0 spiro atoms. The van der Waals surface area contributed by atoms with Crippen molar-refractivity contribution in [2.45, 2.75) is 76.0 Å². The normalized spacial score (nSPS) is 17.8. The van der Waals surface area contributed by atoms with Gasteiger partial charge in [-0.15, -0.1) is 0 Å². The zero-order valence-electron chi connectivity index (χ0n) is 27.6. The minimum Gasteiger partial charge on any atom is -0.311 e. The topological polar surface area (TPSA) is 3.24 Å². The van der Waals surface area contributed by atoms with Gasteiger partial charge in [0, 0.05) is 16.8 Å². The fourth-order valence-electron chi connectivity index (χ4n) is 10.5. The van der Waals surface area contributed by atoms with Gasteiger partial charge in [-0.05, 0) is 116 Å². The lowest BCUT2D eigenvalue weighted by Crippen LogP contribution is -2.55. The zero-order chi connectivity index (χ0) is 31.3. The van der Waals surface area contributed by atoms with E-state index in [9.17, 15) is 0 Å². The predicted octanol–water partition coefficient (Wildman–Crippen LogP) is 11.0. The van der Waals surface area contributed by atoms with Gasteiger partial charge in [-0.1, -0.05) is 135 Å². The first-order valence-electron chi connectivity index (χ1n) is 18.7. The van der Waals surface area contributed by atoms with Crippen molar-refractivity contribution >= 4 is 72.5 Å². The Balaban J connectivity index is 1.17. The molecule has 7 aromatic carbocycles. The van der Waals surface area contributed by atoms with Gasteiger partial charge >= 0.3 is 0 Å². The van der Waals surface area contributed by atoms with Crippen LogP contribution in [0.1, 0.15) is 87.2 Å². The van der Waals surface area contributed by atoms with Crippen LogP contribution in [0.2, 0.25) is 0 Å². The Kier molecular flexibility index (Phi) is 5.98. The van der Waals surface area contributed by atoms with E-state index in [1.807, 2.05) is 0 Å². The molecule has 0 atom stereocenters. The van der Waals surface area contributed by atoms with Gasteiger partial charge in [0.25, 0.3) is 0 Å². The van der Waals surface area contributed by atoms with Crippen molar-refractivity contribution in [3.05, 3.63) is 120 Å². The summed E-state index contributed by atoms with van der Waals surface area (Å²) in [7, 11) is 0. The van der Waals surface area contributed by atoms with Crippen molar-refractivity contribution in [3.63, 3.8) is 0 Å².